The quantitative estimate of drug-likeness (QED) is 0.610. The van der Waals surface area contributed by atoms with E-state index in [1.165, 1.54) is 6.08 Å². The van der Waals surface area contributed by atoms with Gasteiger partial charge in [0.25, 0.3) is 0 Å². The van der Waals surface area contributed by atoms with Crippen LogP contribution < -0.4 is 0 Å². The van der Waals surface area contributed by atoms with Crippen molar-refractivity contribution in [2.45, 2.75) is 44.7 Å². The molecule has 84 valence electrons. The summed E-state index contributed by atoms with van der Waals surface area (Å²) in [5, 5.41) is 0. The molecule has 2 aliphatic carbocycles. The molecule has 0 aromatic heterocycles. The Labute approximate surface area is 87.9 Å². The van der Waals surface area contributed by atoms with E-state index < -0.39 is 6.18 Å². The largest absolute Gasteiger partial charge is 0.416 e. The highest BCUT2D eigenvalue weighted by atomic mass is 19.4. The molecule has 3 heteroatoms. The zero-order valence-electron chi connectivity index (χ0n) is 8.61. The molecule has 2 rings (SSSR count). The second-order valence-electron chi connectivity index (χ2n) is 4.36. The van der Waals surface area contributed by atoms with Crippen molar-refractivity contribution in [3.8, 4) is 0 Å². The van der Waals surface area contributed by atoms with Crippen molar-refractivity contribution < 1.29 is 13.2 Å². The molecule has 0 aromatic rings. The standard InChI is InChI=1S/C12H15F3/c13-12(14,15)11-8-4-3-7-10(11)9-5-1-2-6-9/h4,8-9H,1-3,5-7H2. The van der Waals surface area contributed by atoms with Gasteiger partial charge in [-0.25, -0.2) is 0 Å². The highest BCUT2D eigenvalue weighted by Gasteiger charge is 2.37. The van der Waals surface area contributed by atoms with Gasteiger partial charge in [-0.05, 0) is 31.6 Å². The molecule has 0 N–H and O–H groups in total. The number of hydrogen-bond acceptors (Lipinski definition) is 0. The van der Waals surface area contributed by atoms with Gasteiger partial charge in [0.15, 0.2) is 0 Å². The molecule has 0 amide bonds. The van der Waals surface area contributed by atoms with Crippen molar-refractivity contribution in [2.24, 2.45) is 5.92 Å². The van der Waals surface area contributed by atoms with Gasteiger partial charge >= 0.3 is 6.18 Å². The lowest BCUT2D eigenvalue weighted by molar-refractivity contribution is -0.0898. The lowest BCUT2D eigenvalue weighted by Crippen LogP contribution is -2.17. The Hall–Kier alpha value is -0.730. The van der Waals surface area contributed by atoms with Crippen LogP contribution in [-0.4, -0.2) is 6.18 Å². The van der Waals surface area contributed by atoms with Crippen molar-refractivity contribution >= 4 is 0 Å². The van der Waals surface area contributed by atoms with E-state index >= 15 is 0 Å². The van der Waals surface area contributed by atoms with Gasteiger partial charge in [-0.15, -0.1) is 0 Å². The molecular formula is C12H15F3. The van der Waals surface area contributed by atoms with Crippen molar-refractivity contribution in [1.29, 1.82) is 0 Å². The maximum atomic E-state index is 12.7. The van der Waals surface area contributed by atoms with Crippen molar-refractivity contribution in [2.75, 3.05) is 0 Å². The van der Waals surface area contributed by atoms with Crippen LogP contribution in [-0.2, 0) is 0 Å². The molecule has 1 fully saturated rings. The summed E-state index contributed by atoms with van der Waals surface area (Å²) in [6, 6.07) is 0. The van der Waals surface area contributed by atoms with Crippen LogP contribution in [0, 0.1) is 5.92 Å². The second-order valence-corrected chi connectivity index (χ2v) is 4.36. The molecule has 2 aliphatic rings. The average molecular weight is 216 g/mol. The Morgan fingerprint density at radius 2 is 1.80 bits per heavy atom. The first kappa shape index (κ1) is 10.8. The summed E-state index contributed by atoms with van der Waals surface area (Å²) < 4.78 is 38.2. The van der Waals surface area contributed by atoms with Gasteiger partial charge in [-0.2, -0.15) is 13.2 Å². The van der Waals surface area contributed by atoms with E-state index in [4.69, 9.17) is 0 Å². The second kappa shape index (κ2) is 4.03. The maximum absolute atomic E-state index is 12.7. The minimum Gasteiger partial charge on any atom is -0.166 e. The zero-order valence-corrected chi connectivity index (χ0v) is 8.61. The molecule has 0 atom stereocenters. The molecule has 0 spiro atoms. The molecular weight excluding hydrogens is 201 g/mol. The minimum atomic E-state index is -4.16. The van der Waals surface area contributed by atoms with E-state index in [1.807, 2.05) is 0 Å². The monoisotopic (exact) mass is 216 g/mol. The number of allylic oxidation sites excluding steroid dienone is 4. The van der Waals surface area contributed by atoms with Crippen LogP contribution >= 0.6 is 0 Å². The number of halogens is 3. The highest BCUT2D eigenvalue weighted by Crippen LogP contribution is 2.41. The van der Waals surface area contributed by atoms with Crippen LogP contribution in [0.25, 0.3) is 0 Å². The van der Waals surface area contributed by atoms with Gasteiger partial charge in [-0.3, -0.25) is 0 Å². The summed E-state index contributed by atoms with van der Waals surface area (Å²) in [6.45, 7) is 0. The summed E-state index contributed by atoms with van der Waals surface area (Å²) in [4.78, 5) is 0. The first-order valence-electron chi connectivity index (χ1n) is 5.56. The Morgan fingerprint density at radius 3 is 2.40 bits per heavy atom. The Morgan fingerprint density at radius 1 is 1.13 bits per heavy atom. The minimum absolute atomic E-state index is 0.201. The summed E-state index contributed by atoms with van der Waals surface area (Å²) in [5.74, 6) is 0.201. The fourth-order valence-electron chi connectivity index (χ4n) is 2.66. The van der Waals surface area contributed by atoms with E-state index in [1.54, 1.807) is 6.08 Å². The van der Waals surface area contributed by atoms with Gasteiger partial charge < -0.3 is 0 Å². The summed E-state index contributed by atoms with van der Waals surface area (Å²) in [6.07, 6.45) is 4.20. The van der Waals surface area contributed by atoms with Gasteiger partial charge in [0, 0.05) is 0 Å². The molecule has 0 saturated heterocycles. The topological polar surface area (TPSA) is 0 Å². The first-order valence-corrected chi connectivity index (χ1v) is 5.56. The Balaban J connectivity index is 2.29. The van der Waals surface area contributed by atoms with E-state index in [0.29, 0.717) is 12.0 Å². The third-order valence-corrected chi connectivity index (χ3v) is 3.36. The predicted molar refractivity (Wildman–Crippen MR) is 53.4 cm³/mol. The third kappa shape index (κ3) is 2.27. The van der Waals surface area contributed by atoms with E-state index in [0.717, 1.165) is 32.1 Å². The Kier molecular flexibility index (Phi) is 2.89. The molecule has 0 radical (unpaired) electrons. The molecule has 0 nitrogen and oxygen atoms in total. The molecule has 0 aromatic carbocycles. The summed E-state index contributed by atoms with van der Waals surface area (Å²) >= 11 is 0. The molecule has 1 saturated carbocycles. The fourth-order valence-corrected chi connectivity index (χ4v) is 2.66. The fraction of sp³-hybridized carbons (Fsp3) is 0.667. The zero-order chi connectivity index (χ0) is 10.9. The van der Waals surface area contributed by atoms with Gasteiger partial charge in [0.2, 0.25) is 0 Å². The maximum Gasteiger partial charge on any atom is 0.416 e. The molecule has 0 heterocycles. The summed E-state index contributed by atoms with van der Waals surface area (Å²) in [7, 11) is 0. The van der Waals surface area contributed by atoms with Crippen LogP contribution in [0.3, 0.4) is 0 Å². The number of rotatable bonds is 1. The van der Waals surface area contributed by atoms with Gasteiger partial charge in [-0.1, -0.05) is 30.6 Å². The van der Waals surface area contributed by atoms with Crippen molar-refractivity contribution in [3.63, 3.8) is 0 Å². The van der Waals surface area contributed by atoms with E-state index in [-0.39, 0.29) is 11.5 Å². The Bertz CT molecular complexity index is 290. The van der Waals surface area contributed by atoms with Crippen LogP contribution in [0.5, 0.6) is 0 Å². The predicted octanol–water partition coefficient (Wildman–Crippen LogP) is 4.39. The van der Waals surface area contributed by atoms with Crippen LogP contribution in [0.1, 0.15) is 38.5 Å². The SMILES string of the molecule is FC(F)(F)C1=C(C2CCCC2)CCC=C1. The van der Waals surface area contributed by atoms with Crippen LogP contribution in [0.4, 0.5) is 13.2 Å². The van der Waals surface area contributed by atoms with Crippen molar-refractivity contribution in [3.05, 3.63) is 23.3 Å². The third-order valence-electron chi connectivity index (χ3n) is 3.36. The van der Waals surface area contributed by atoms with E-state index in [2.05, 4.69) is 0 Å². The highest BCUT2D eigenvalue weighted by molar-refractivity contribution is 5.35. The average Bonchev–Trinajstić information content (AvgIpc) is 2.69. The van der Waals surface area contributed by atoms with E-state index in [9.17, 15) is 13.2 Å². The lowest BCUT2D eigenvalue weighted by atomic mass is 9.86. The van der Waals surface area contributed by atoms with Crippen LogP contribution in [0.2, 0.25) is 0 Å². The molecule has 0 bridgehead atoms. The summed E-state index contributed by atoms with van der Waals surface area (Å²) in [5.41, 5.74) is 0.308. The molecule has 0 aliphatic heterocycles. The molecule has 0 unspecified atom stereocenters. The smallest absolute Gasteiger partial charge is 0.166 e. The lowest BCUT2D eigenvalue weighted by Gasteiger charge is -2.22. The number of hydrogen-bond donors (Lipinski definition) is 0. The van der Waals surface area contributed by atoms with Crippen LogP contribution in [0.15, 0.2) is 23.3 Å². The first-order chi connectivity index (χ1) is 7.09. The normalized spacial score (nSPS) is 23.9. The van der Waals surface area contributed by atoms with Gasteiger partial charge in [0.05, 0.1) is 5.57 Å². The van der Waals surface area contributed by atoms with Gasteiger partial charge in [0.1, 0.15) is 0 Å². The van der Waals surface area contributed by atoms with Crippen molar-refractivity contribution in [1.82, 2.24) is 0 Å². The molecule has 15 heavy (non-hydrogen) atoms. The number of alkyl halides is 3.